The summed E-state index contributed by atoms with van der Waals surface area (Å²) in [5.74, 6) is 7.72. The molecule has 0 bridgehead atoms. The molecule has 5 nitrogen and oxygen atoms in total. The van der Waals surface area contributed by atoms with E-state index >= 15 is 0 Å². The van der Waals surface area contributed by atoms with E-state index in [0.29, 0.717) is 11.6 Å². The molecule has 3 N–H and O–H groups in total. The van der Waals surface area contributed by atoms with Crippen molar-refractivity contribution in [1.82, 2.24) is 9.97 Å². The van der Waals surface area contributed by atoms with E-state index in [1.165, 1.54) is 12.8 Å². The molecule has 0 aliphatic heterocycles. The summed E-state index contributed by atoms with van der Waals surface area (Å²) in [7, 11) is 2.05. The van der Waals surface area contributed by atoms with Crippen molar-refractivity contribution in [2.75, 3.05) is 23.9 Å². The van der Waals surface area contributed by atoms with Gasteiger partial charge in [0.15, 0.2) is 5.82 Å². The molecule has 1 aromatic heterocycles. The number of unbranched alkanes of at least 4 members (excludes halogenated alkanes) is 2. The highest BCUT2D eigenvalue weighted by molar-refractivity contribution is 5.61. The molecule has 0 spiro atoms. The molecule has 112 valence electrons. The monoisotopic (exact) mass is 285 g/mol. The number of hydrogen-bond donors (Lipinski definition) is 2. The summed E-state index contributed by atoms with van der Waals surface area (Å²) in [6.07, 6.45) is 3.59. The van der Waals surface area contributed by atoms with Gasteiger partial charge in [-0.05, 0) is 6.42 Å². The second-order valence-corrected chi connectivity index (χ2v) is 5.07. The van der Waals surface area contributed by atoms with E-state index in [9.17, 15) is 0 Å². The van der Waals surface area contributed by atoms with Crippen LogP contribution in [0.25, 0.3) is 11.4 Å². The Labute approximate surface area is 126 Å². The van der Waals surface area contributed by atoms with Crippen molar-refractivity contribution in [3.63, 3.8) is 0 Å². The van der Waals surface area contributed by atoms with E-state index in [2.05, 4.69) is 27.2 Å². The molecule has 1 heterocycles. The van der Waals surface area contributed by atoms with Gasteiger partial charge in [0.1, 0.15) is 11.6 Å². The number of nitrogens with one attached hydrogen (secondary N) is 1. The van der Waals surface area contributed by atoms with Crippen LogP contribution < -0.4 is 16.2 Å². The molecule has 0 unspecified atom stereocenters. The first-order chi connectivity index (χ1) is 10.2. The Kier molecular flexibility index (Phi) is 5.51. The molecule has 0 saturated heterocycles. The van der Waals surface area contributed by atoms with Crippen molar-refractivity contribution in [3.8, 4) is 11.4 Å². The Morgan fingerprint density at radius 2 is 1.90 bits per heavy atom. The first kappa shape index (κ1) is 15.3. The van der Waals surface area contributed by atoms with Crippen LogP contribution in [0, 0.1) is 0 Å². The molecule has 0 fully saturated rings. The fourth-order valence-electron chi connectivity index (χ4n) is 2.13. The number of aromatic nitrogens is 2. The van der Waals surface area contributed by atoms with Crippen LogP contribution in [0.2, 0.25) is 0 Å². The van der Waals surface area contributed by atoms with Crippen molar-refractivity contribution in [1.29, 1.82) is 0 Å². The molecule has 21 heavy (non-hydrogen) atoms. The van der Waals surface area contributed by atoms with Crippen molar-refractivity contribution in [2.24, 2.45) is 5.84 Å². The average molecular weight is 285 g/mol. The van der Waals surface area contributed by atoms with Crippen LogP contribution in [0.4, 0.5) is 11.6 Å². The van der Waals surface area contributed by atoms with Gasteiger partial charge in [0.2, 0.25) is 0 Å². The second kappa shape index (κ2) is 7.59. The van der Waals surface area contributed by atoms with Gasteiger partial charge in [-0.25, -0.2) is 15.8 Å². The SMILES string of the molecule is CCCCCN(C)c1cc(NN)nc(-c2ccccc2)n1. The molecular weight excluding hydrogens is 262 g/mol. The van der Waals surface area contributed by atoms with E-state index < -0.39 is 0 Å². The number of rotatable bonds is 7. The molecule has 0 saturated carbocycles. The number of nitrogens with two attached hydrogens (primary N) is 1. The van der Waals surface area contributed by atoms with Gasteiger partial charge in [0.05, 0.1) is 0 Å². The van der Waals surface area contributed by atoms with Gasteiger partial charge >= 0.3 is 0 Å². The highest BCUT2D eigenvalue weighted by atomic mass is 15.3. The first-order valence-corrected chi connectivity index (χ1v) is 7.37. The van der Waals surface area contributed by atoms with E-state index in [1.54, 1.807) is 0 Å². The topological polar surface area (TPSA) is 67.1 Å². The number of nitrogen functional groups attached to an aromatic ring is 1. The summed E-state index contributed by atoms with van der Waals surface area (Å²) in [4.78, 5) is 11.2. The summed E-state index contributed by atoms with van der Waals surface area (Å²) in [5, 5.41) is 0. The van der Waals surface area contributed by atoms with Crippen LogP contribution in [0.1, 0.15) is 26.2 Å². The Balaban J connectivity index is 2.25. The lowest BCUT2D eigenvalue weighted by atomic mass is 10.2. The van der Waals surface area contributed by atoms with Crippen molar-refractivity contribution < 1.29 is 0 Å². The van der Waals surface area contributed by atoms with Crippen LogP contribution in [-0.4, -0.2) is 23.6 Å². The molecule has 1 aromatic carbocycles. The Bertz CT molecular complexity index is 556. The smallest absolute Gasteiger partial charge is 0.163 e. The summed E-state index contributed by atoms with van der Waals surface area (Å²) >= 11 is 0. The number of benzene rings is 1. The number of hydrazine groups is 1. The van der Waals surface area contributed by atoms with Gasteiger partial charge in [0.25, 0.3) is 0 Å². The first-order valence-electron chi connectivity index (χ1n) is 7.37. The minimum atomic E-state index is 0.626. The lowest BCUT2D eigenvalue weighted by molar-refractivity contribution is 0.701. The third-order valence-electron chi connectivity index (χ3n) is 3.38. The minimum Gasteiger partial charge on any atom is -0.359 e. The molecule has 0 radical (unpaired) electrons. The zero-order valence-electron chi connectivity index (χ0n) is 12.7. The molecule has 2 rings (SSSR count). The van der Waals surface area contributed by atoms with Gasteiger partial charge in [-0.2, -0.15) is 0 Å². The molecule has 2 aromatic rings. The maximum atomic E-state index is 5.53. The quantitative estimate of drug-likeness (QED) is 0.465. The summed E-state index contributed by atoms with van der Waals surface area (Å²) in [5.41, 5.74) is 3.61. The molecule has 5 heteroatoms. The molecule has 0 atom stereocenters. The van der Waals surface area contributed by atoms with Gasteiger partial charge in [0, 0.05) is 25.2 Å². The Hall–Kier alpha value is -2.14. The highest BCUT2D eigenvalue weighted by Crippen LogP contribution is 2.21. The van der Waals surface area contributed by atoms with Crippen LogP contribution in [0.3, 0.4) is 0 Å². The van der Waals surface area contributed by atoms with Gasteiger partial charge < -0.3 is 10.3 Å². The minimum absolute atomic E-state index is 0.626. The normalized spacial score (nSPS) is 10.4. The number of hydrogen-bond acceptors (Lipinski definition) is 5. The van der Waals surface area contributed by atoms with Crippen LogP contribution in [0.15, 0.2) is 36.4 Å². The zero-order valence-corrected chi connectivity index (χ0v) is 12.7. The van der Waals surface area contributed by atoms with Crippen molar-refractivity contribution in [3.05, 3.63) is 36.4 Å². The lowest BCUT2D eigenvalue weighted by Crippen LogP contribution is -2.21. The van der Waals surface area contributed by atoms with Crippen LogP contribution in [-0.2, 0) is 0 Å². The lowest BCUT2D eigenvalue weighted by Gasteiger charge is -2.19. The maximum absolute atomic E-state index is 5.53. The summed E-state index contributed by atoms with van der Waals surface area (Å²) in [6.45, 7) is 3.18. The maximum Gasteiger partial charge on any atom is 0.163 e. The fourth-order valence-corrected chi connectivity index (χ4v) is 2.13. The Morgan fingerprint density at radius 1 is 1.14 bits per heavy atom. The highest BCUT2D eigenvalue weighted by Gasteiger charge is 2.09. The number of anilines is 2. The average Bonchev–Trinajstić information content (AvgIpc) is 2.55. The predicted molar refractivity (Wildman–Crippen MR) is 88.1 cm³/mol. The zero-order chi connectivity index (χ0) is 15.1. The predicted octanol–water partition coefficient (Wildman–Crippen LogP) is 3.06. The van der Waals surface area contributed by atoms with E-state index in [1.807, 2.05) is 43.4 Å². The molecular formula is C16H23N5. The molecule has 0 aliphatic carbocycles. The van der Waals surface area contributed by atoms with E-state index in [-0.39, 0.29) is 0 Å². The fraction of sp³-hybridized carbons (Fsp3) is 0.375. The third-order valence-corrected chi connectivity index (χ3v) is 3.38. The van der Waals surface area contributed by atoms with Crippen LogP contribution in [0.5, 0.6) is 0 Å². The molecule has 0 amide bonds. The standard InChI is InChI=1S/C16H23N5/c1-3-4-8-11-21(2)15-12-14(20-17)18-16(19-15)13-9-6-5-7-10-13/h5-7,9-10,12H,3-4,8,11,17H2,1-2H3,(H,18,19,20). The summed E-state index contributed by atoms with van der Waals surface area (Å²) in [6, 6.07) is 11.8. The summed E-state index contributed by atoms with van der Waals surface area (Å²) < 4.78 is 0. The van der Waals surface area contributed by atoms with E-state index in [4.69, 9.17) is 5.84 Å². The van der Waals surface area contributed by atoms with Gasteiger partial charge in [-0.15, -0.1) is 0 Å². The third kappa shape index (κ3) is 4.16. The number of nitrogens with zero attached hydrogens (tertiary/aromatic N) is 3. The van der Waals surface area contributed by atoms with Gasteiger partial charge in [-0.1, -0.05) is 50.1 Å². The largest absolute Gasteiger partial charge is 0.359 e. The van der Waals surface area contributed by atoms with Crippen molar-refractivity contribution in [2.45, 2.75) is 26.2 Å². The molecule has 0 aliphatic rings. The Morgan fingerprint density at radius 3 is 2.57 bits per heavy atom. The van der Waals surface area contributed by atoms with E-state index in [0.717, 1.165) is 24.3 Å². The van der Waals surface area contributed by atoms with Gasteiger partial charge in [-0.3, -0.25) is 0 Å². The van der Waals surface area contributed by atoms with Crippen molar-refractivity contribution >= 4 is 11.6 Å². The van der Waals surface area contributed by atoms with Crippen LogP contribution >= 0.6 is 0 Å². The second-order valence-electron chi connectivity index (χ2n) is 5.07.